The summed E-state index contributed by atoms with van der Waals surface area (Å²) in [6.45, 7) is 1.01. The Balaban J connectivity index is 3.02. The zero-order valence-electron chi connectivity index (χ0n) is 8.85. The van der Waals surface area contributed by atoms with Crippen molar-refractivity contribution in [3.63, 3.8) is 0 Å². The molecule has 1 atom stereocenters. The van der Waals surface area contributed by atoms with Crippen LogP contribution in [-0.4, -0.2) is 16.6 Å². The van der Waals surface area contributed by atoms with Gasteiger partial charge in [-0.2, -0.15) is 0 Å². The fourth-order valence-electron chi connectivity index (χ4n) is 1.30. The van der Waals surface area contributed by atoms with Crippen LogP contribution < -0.4 is 0 Å². The fourth-order valence-corrected chi connectivity index (χ4v) is 2.83. The summed E-state index contributed by atoms with van der Waals surface area (Å²) in [5, 5.41) is 10.6. The second-order valence-electron chi connectivity index (χ2n) is 3.28. The Morgan fingerprint density at radius 2 is 2.18 bits per heavy atom. The minimum absolute atomic E-state index is 0.192. The van der Waals surface area contributed by atoms with E-state index in [-0.39, 0.29) is 11.7 Å². The van der Waals surface area contributed by atoms with E-state index in [2.05, 4.69) is 0 Å². The first-order chi connectivity index (χ1) is 7.90. The van der Waals surface area contributed by atoms with Crippen molar-refractivity contribution < 1.29 is 9.72 Å². The van der Waals surface area contributed by atoms with Gasteiger partial charge in [0.15, 0.2) is 5.12 Å². The summed E-state index contributed by atoms with van der Waals surface area (Å²) in [7, 11) is 0. The Bertz CT molecular complexity index is 437. The smallest absolute Gasteiger partial charge is 0.220 e. The van der Waals surface area contributed by atoms with Gasteiger partial charge in [-0.1, -0.05) is 41.0 Å². The summed E-state index contributed by atoms with van der Waals surface area (Å²) in [6, 6.07) is 4.71. The van der Waals surface area contributed by atoms with Crippen molar-refractivity contribution >= 4 is 40.1 Å². The van der Waals surface area contributed by atoms with Crippen LogP contribution in [0, 0.1) is 10.1 Å². The normalized spacial score (nSPS) is 12.2. The zero-order chi connectivity index (χ0) is 13.0. The van der Waals surface area contributed by atoms with Gasteiger partial charge in [0.25, 0.3) is 0 Å². The van der Waals surface area contributed by atoms with Gasteiger partial charge in [-0.05, 0) is 17.7 Å². The van der Waals surface area contributed by atoms with Gasteiger partial charge in [-0.25, -0.2) is 0 Å². The molecule has 0 aromatic heterocycles. The lowest BCUT2D eigenvalue weighted by molar-refractivity contribution is -0.479. The maximum atomic E-state index is 11.1. The van der Waals surface area contributed by atoms with Crippen molar-refractivity contribution in [1.29, 1.82) is 0 Å². The van der Waals surface area contributed by atoms with Crippen LogP contribution in [0.15, 0.2) is 18.2 Å². The molecule has 0 N–H and O–H groups in total. The fraction of sp³-hybridized carbons (Fsp3) is 0.300. The van der Waals surface area contributed by atoms with E-state index >= 15 is 0 Å². The molecule has 0 spiro atoms. The number of carbonyl (C=O) groups excluding carboxylic acids is 1. The number of nitro groups is 1. The lowest BCUT2D eigenvalue weighted by Crippen LogP contribution is -2.11. The van der Waals surface area contributed by atoms with Crippen molar-refractivity contribution in [2.45, 2.75) is 12.2 Å². The maximum absolute atomic E-state index is 11.1. The molecular formula is C10H9Cl2NO3S. The van der Waals surface area contributed by atoms with Crippen LogP contribution in [0.4, 0.5) is 0 Å². The van der Waals surface area contributed by atoms with Gasteiger partial charge >= 0.3 is 0 Å². The lowest BCUT2D eigenvalue weighted by atomic mass is 10.1. The number of nitrogens with zero attached hydrogens (tertiary/aromatic N) is 1. The molecule has 0 bridgehead atoms. The van der Waals surface area contributed by atoms with E-state index in [1.54, 1.807) is 12.1 Å². The molecule has 0 unspecified atom stereocenters. The third-order valence-corrected chi connectivity index (χ3v) is 3.51. The summed E-state index contributed by atoms with van der Waals surface area (Å²) >= 11 is 12.6. The third-order valence-electron chi connectivity index (χ3n) is 1.93. The molecule has 4 nitrogen and oxygen atoms in total. The first-order valence-electron chi connectivity index (χ1n) is 4.64. The predicted molar refractivity (Wildman–Crippen MR) is 69.3 cm³/mol. The summed E-state index contributed by atoms with van der Waals surface area (Å²) < 4.78 is 0. The Morgan fingerprint density at radius 3 is 2.65 bits per heavy atom. The summed E-state index contributed by atoms with van der Waals surface area (Å²) in [5.74, 6) is 0. The summed E-state index contributed by atoms with van der Waals surface area (Å²) in [4.78, 5) is 21.1. The molecule has 17 heavy (non-hydrogen) atoms. The first kappa shape index (κ1) is 14.3. The molecular weight excluding hydrogens is 285 g/mol. The predicted octanol–water partition coefficient (Wildman–Crippen LogP) is 3.59. The highest BCUT2D eigenvalue weighted by molar-refractivity contribution is 8.13. The van der Waals surface area contributed by atoms with Crippen molar-refractivity contribution in [3.05, 3.63) is 43.9 Å². The van der Waals surface area contributed by atoms with Crippen molar-refractivity contribution in [1.82, 2.24) is 0 Å². The zero-order valence-corrected chi connectivity index (χ0v) is 11.2. The largest absolute Gasteiger partial charge is 0.288 e. The molecule has 1 rings (SSSR count). The standard InChI is InChI=1S/C10H9Cl2NO3S/c1-6(14)17-10(5-13(15)16)8-3-2-7(11)4-9(8)12/h2-4,10H,5H2,1H3/t10-/m0/s1. The molecule has 1 aromatic rings. The molecule has 0 amide bonds. The molecule has 0 aliphatic carbocycles. The first-order valence-corrected chi connectivity index (χ1v) is 6.27. The van der Waals surface area contributed by atoms with Gasteiger partial charge in [0, 0.05) is 21.9 Å². The number of thioether (sulfide) groups is 1. The van der Waals surface area contributed by atoms with Gasteiger partial charge in [0.2, 0.25) is 6.54 Å². The van der Waals surface area contributed by atoms with E-state index in [1.807, 2.05) is 0 Å². The van der Waals surface area contributed by atoms with Gasteiger partial charge in [-0.15, -0.1) is 0 Å². The van der Waals surface area contributed by atoms with E-state index in [4.69, 9.17) is 23.2 Å². The molecule has 0 aliphatic heterocycles. The number of halogens is 2. The molecule has 0 radical (unpaired) electrons. The minimum atomic E-state index is -0.590. The molecule has 0 saturated carbocycles. The van der Waals surface area contributed by atoms with Crippen LogP contribution >= 0.6 is 35.0 Å². The Labute approximate surface area is 112 Å². The van der Waals surface area contributed by atoms with Crippen LogP contribution in [0.1, 0.15) is 17.7 Å². The van der Waals surface area contributed by atoms with E-state index < -0.39 is 10.2 Å². The number of benzene rings is 1. The minimum Gasteiger partial charge on any atom is -0.288 e. The second kappa shape index (κ2) is 6.23. The highest BCUT2D eigenvalue weighted by Crippen LogP contribution is 2.35. The Hall–Kier alpha value is -0.780. The highest BCUT2D eigenvalue weighted by atomic mass is 35.5. The Morgan fingerprint density at radius 1 is 1.53 bits per heavy atom. The Kier molecular flexibility index (Phi) is 5.24. The van der Waals surface area contributed by atoms with Crippen molar-refractivity contribution in [2.24, 2.45) is 0 Å². The van der Waals surface area contributed by atoms with Gasteiger partial charge < -0.3 is 0 Å². The van der Waals surface area contributed by atoms with E-state index in [1.165, 1.54) is 13.0 Å². The second-order valence-corrected chi connectivity index (χ2v) is 5.50. The van der Waals surface area contributed by atoms with Crippen LogP contribution in [0.2, 0.25) is 10.0 Å². The lowest BCUT2D eigenvalue weighted by Gasteiger charge is -2.12. The van der Waals surface area contributed by atoms with Crippen molar-refractivity contribution in [2.75, 3.05) is 6.54 Å². The molecule has 1 aromatic carbocycles. The molecule has 0 saturated heterocycles. The maximum Gasteiger partial charge on any atom is 0.220 e. The molecule has 0 aliphatic rings. The summed E-state index contributed by atoms with van der Waals surface area (Å²) in [5.41, 5.74) is 0.549. The van der Waals surface area contributed by atoms with Crippen molar-refractivity contribution in [3.8, 4) is 0 Å². The SMILES string of the molecule is CC(=O)S[C@@H](C[N+](=O)[O-])c1ccc(Cl)cc1Cl. The number of carbonyl (C=O) groups is 1. The number of rotatable bonds is 4. The van der Waals surface area contributed by atoms with Crippen LogP contribution in [-0.2, 0) is 4.79 Å². The molecule has 7 heteroatoms. The third kappa shape index (κ3) is 4.53. The highest BCUT2D eigenvalue weighted by Gasteiger charge is 2.23. The molecule has 0 fully saturated rings. The van der Waals surface area contributed by atoms with E-state index in [0.29, 0.717) is 15.6 Å². The van der Waals surface area contributed by atoms with E-state index in [9.17, 15) is 14.9 Å². The van der Waals surface area contributed by atoms with Gasteiger partial charge in [0.05, 0.1) is 0 Å². The molecule has 0 heterocycles. The van der Waals surface area contributed by atoms with Gasteiger partial charge in [-0.3, -0.25) is 14.9 Å². The van der Waals surface area contributed by atoms with E-state index in [0.717, 1.165) is 11.8 Å². The van der Waals surface area contributed by atoms with Crippen LogP contribution in [0.5, 0.6) is 0 Å². The van der Waals surface area contributed by atoms with Gasteiger partial charge in [0.1, 0.15) is 5.25 Å². The average Bonchev–Trinajstić information content (AvgIpc) is 2.14. The monoisotopic (exact) mass is 293 g/mol. The van der Waals surface area contributed by atoms with Crippen LogP contribution in [0.3, 0.4) is 0 Å². The summed E-state index contributed by atoms with van der Waals surface area (Å²) in [6.07, 6.45) is 0. The number of hydrogen-bond donors (Lipinski definition) is 0. The van der Waals surface area contributed by atoms with Crippen LogP contribution in [0.25, 0.3) is 0 Å². The quantitative estimate of drug-likeness (QED) is 0.629. The average molecular weight is 294 g/mol. The topological polar surface area (TPSA) is 60.2 Å². The number of hydrogen-bond acceptors (Lipinski definition) is 4. The molecule has 92 valence electrons.